The SMILES string of the molecule is CC.[B]CC(=O)c1ccc(OCCCCCCC)cc1. The summed E-state index contributed by atoms with van der Waals surface area (Å²) in [6, 6.07) is 7.19. The van der Waals surface area contributed by atoms with Crippen LogP contribution in [-0.4, -0.2) is 20.2 Å². The molecule has 0 aliphatic rings. The monoisotopic (exact) mass is 274 g/mol. The molecule has 0 unspecified atom stereocenters. The van der Waals surface area contributed by atoms with Crippen LogP contribution in [0.2, 0.25) is 6.32 Å². The molecule has 0 saturated heterocycles. The van der Waals surface area contributed by atoms with E-state index < -0.39 is 0 Å². The average Bonchev–Trinajstić information content (AvgIpc) is 2.52. The lowest BCUT2D eigenvalue weighted by Crippen LogP contribution is -1.99. The fraction of sp³-hybridized carbons (Fsp3) is 0.588. The van der Waals surface area contributed by atoms with Crippen LogP contribution in [0.1, 0.15) is 63.2 Å². The number of ether oxygens (including phenoxy) is 1. The summed E-state index contributed by atoms with van der Waals surface area (Å²) in [4.78, 5) is 11.3. The lowest BCUT2D eigenvalue weighted by molar-refractivity contribution is 0.101. The molecule has 0 aliphatic carbocycles. The Kier molecular flexibility index (Phi) is 12.0. The summed E-state index contributed by atoms with van der Waals surface area (Å²) >= 11 is 0. The van der Waals surface area contributed by atoms with Gasteiger partial charge in [-0.2, -0.15) is 0 Å². The van der Waals surface area contributed by atoms with Gasteiger partial charge in [-0.05, 0) is 37.0 Å². The van der Waals surface area contributed by atoms with Crippen LogP contribution in [-0.2, 0) is 0 Å². The van der Waals surface area contributed by atoms with E-state index in [2.05, 4.69) is 6.92 Å². The van der Waals surface area contributed by atoms with Gasteiger partial charge in [0.05, 0.1) is 14.5 Å². The third kappa shape index (κ3) is 8.03. The highest BCUT2D eigenvalue weighted by atomic mass is 16.5. The lowest BCUT2D eigenvalue weighted by atomic mass is 9.96. The molecule has 2 radical (unpaired) electrons. The predicted octanol–water partition coefficient (Wildman–Crippen LogP) is 4.83. The van der Waals surface area contributed by atoms with Crippen molar-refractivity contribution in [1.82, 2.24) is 0 Å². The van der Waals surface area contributed by atoms with Crippen molar-refractivity contribution in [3.8, 4) is 5.75 Å². The minimum Gasteiger partial charge on any atom is -0.494 e. The van der Waals surface area contributed by atoms with Crippen LogP contribution in [0.4, 0.5) is 0 Å². The zero-order valence-corrected chi connectivity index (χ0v) is 13.2. The van der Waals surface area contributed by atoms with Gasteiger partial charge < -0.3 is 4.74 Å². The van der Waals surface area contributed by atoms with Gasteiger partial charge in [0.1, 0.15) is 5.75 Å². The molecule has 3 heteroatoms. The van der Waals surface area contributed by atoms with E-state index in [1.54, 1.807) is 12.1 Å². The maximum Gasteiger partial charge on any atom is 0.154 e. The maximum absolute atomic E-state index is 11.3. The van der Waals surface area contributed by atoms with Gasteiger partial charge in [-0.25, -0.2) is 0 Å². The predicted molar refractivity (Wildman–Crippen MR) is 86.9 cm³/mol. The Balaban J connectivity index is 0.00000172. The van der Waals surface area contributed by atoms with E-state index in [9.17, 15) is 4.79 Å². The number of unbranched alkanes of at least 4 members (excludes halogenated alkanes) is 4. The molecule has 0 saturated carbocycles. The van der Waals surface area contributed by atoms with Crippen molar-refractivity contribution in [2.75, 3.05) is 6.61 Å². The Morgan fingerprint density at radius 1 is 1.05 bits per heavy atom. The number of ketones is 1. The molecule has 0 aromatic heterocycles. The molecule has 1 aromatic carbocycles. The summed E-state index contributed by atoms with van der Waals surface area (Å²) in [5, 5.41) is 0. The standard InChI is InChI=1S/C15H21BO2.C2H6/c1-2-3-4-5-6-11-18-14-9-7-13(8-10-14)15(17)12-16;1-2/h7-10H,2-6,11-12H2,1H3;1-2H3. The number of rotatable bonds is 9. The zero-order chi connectivity index (χ0) is 15.2. The van der Waals surface area contributed by atoms with Crippen molar-refractivity contribution in [3.05, 3.63) is 29.8 Å². The smallest absolute Gasteiger partial charge is 0.154 e. The second-order valence-electron chi connectivity index (χ2n) is 4.41. The van der Waals surface area contributed by atoms with Gasteiger partial charge in [0.15, 0.2) is 5.78 Å². The third-order valence-corrected chi connectivity index (χ3v) is 2.88. The first-order chi connectivity index (χ1) is 9.77. The minimum atomic E-state index is -0.0406. The van der Waals surface area contributed by atoms with Crippen molar-refractivity contribution in [2.45, 2.75) is 59.2 Å². The molecule has 0 aliphatic heterocycles. The molecule has 1 rings (SSSR count). The summed E-state index contributed by atoms with van der Waals surface area (Å²) in [5.41, 5.74) is 0.646. The molecule has 20 heavy (non-hydrogen) atoms. The molecular weight excluding hydrogens is 247 g/mol. The molecule has 0 spiro atoms. The Labute approximate surface area is 125 Å². The lowest BCUT2D eigenvalue weighted by Gasteiger charge is -2.06. The van der Waals surface area contributed by atoms with Gasteiger partial charge in [0.2, 0.25) is 0 Å². The fourth-order valence-electron chi connectivity index (χ4n) is 1.75. The molecule has 0 heterocycles. The topological polar surface area (TPSA) is 26.3 Å². The van der Waals surface area contributed by atoms with Crippen LogP contribution < -0.4 is 4.74 Å². The van der Waals surface area contributed by atoms with Gasteiger partial charge in [0.25, 0.3) is 0 Å². The second-order valence-corrected chi connectivity index (χ2v) is 4.41. The van der Waals surface area contributed by atoms with Gasteiger partial charge in [0, 0.05) is 5.56 Å². The van der Waals surface area contributed by atoms with E-state index in [1.807, 2.05) is 26.0 Å². The summed E-state index contributed by atoms with van der Waals surface area (Å²) in [7, 11) is 5.30. The average molecular weight is 274 g/mol. The molecule has 110 valence electrons. The van der Waals surface area contributed by atoms with E-state index in [0.29, 0.717) is 5.56 Å². The van der Waals surface area contributed by atoms with Gasteiger partial charge in [-0.15, -0.1) is 0 Å². The highest BCUT2D eigenvalue weighted by molar-refractivity contribution is 6.23. The van der Waals surface area contributed by atoms with E-state index in [0.717, 1.165) is 18.8 Å². The van der Waals surface area contributed by atoms with Crippen LogP contribution >= 0.6 is 0 Å². The van der Waals surface area contributed by atoms with Gasteiger partial charge in [-0.3, -0.25) is 4.79 Å². The van der Waals surface area contributed by atoms with Crippen molar-refractivity contribution < 1.29 is 9.53 Å². The van der Waals surface area contributed by atoms with Crippen LogP contribution in [0, 0.1) is 0 Å². The van der Waals surface area contributed by atoms with E-state index in [-0.39, 0.29) is 12.1 Å². The van der Waals surface area contributed by atoms with Crippen LogP contribution in [0.15, 0.2) is 24.3 Å². The molecule has 0 N–H and O–H groups in total. The number of carbonyl (C=O) groups excluding carboxylic acids is 1. The number of benzene rings is 1. The largest absolute Gasteiger partial charge is 0.494 e. The van der Waals surface area contributed by atoms with Crippen molar-refractivity contribution in [1.29, 1.82) is 0 Å². The summed E-state index contributed by atoms with van der Waals surface area (Å²) in [6.07, 6.45) is 6.20. The summed E-state index contributed by atoms with van der Waals surface area (Å²) in [5.74, 6) is 0.778. The zero-order valence-electron chi connectivity index (χ0n) is 13.2. The fourth-order valence-corrected chi connectivity index (χ4v) is 1.75. The minimum absolute atomic E-state index is 0.0406. The Morgan fingerprint density at radius 3 is 2.20 bits per heavy atom. The Hall–Kier alpha value is -1.25. The number of carbonyl (C=O) groups is 1. The van der Waals surface area contributed by atoms with Gasteiger partial charge >= 0.3 is 0 Å². The first-order valence-electron chi connectivity index (χ1n) is 7.74. The molecule has 1 aromatic rings. The van der Waals surface area contributed by atoms with Crippen molar-refractivity contribution in [2.24, 2.45) is 0 Å². The molecular formula is C17H27BO2. The second kappa shape index (κ2) is 12.8. The summed E-state index contributed by atoms with van der Waals surface area (Å²) in [6.45, 7) is 6.95. The van der Waals surface area contributed by atoms with Gasteiger partial charge in [-0.1, -0.05) is 46.5 Å². The number of Topliss-reactive ketones (excluding diaryl/α,β-unsaturated/α-hetero) is 1. The molecule has 0 amide bonds. The van der Waals surface area contributed by atoms with E-state index in [4.69, 9.17) is 12.6 Å². The summed E-state index contributed by atoms with van der Waals surface area (Å²) < 4.78 is 5.61. The van der Waals surface area contributed by atoms with E-state index >= 15 is 0 Å². The molecule has 0 bridgehead atoms. The maximum atomic E-state index is 11.3. The highest BCUT2D eigenvalue weighted by Gasteiger charge is 2.02. The molecule has 2 nitrogen and oxygen atoms in total. The highest BCUT2D eigenvalue weighted by Crippen LogP contribution is 2.14. The third-order valence-electron chi connectivity index (χ3n) is 2.88. The van der Waals surface area contributed by atoms with E-state index in [1.165, 1.54) is 25.7 Å². The number of hydrogen-bond acceptors (Lipinski definition) is 2. The first kappa shape index (κ1) is 18.8. The molecule has 0 atom stereocenters. The van der Waals surface area contributed by atoms with Crippen molar-refractivity contribution >= 4 is 13.6 Å². The quantitative estimate of drug-likeness (QED) is 0.366. The first-order valence-corrected chi connectivity index (χ1v) is 7.74. The number of hydrogen-bond donors (Lipinski definition) is 0. The van der Waals surface area contributed by atoms with Crippen molar-refractivity contribution in [3.63, 3.8) is 0 Å². The normalized spacial score (nSPS) is 9.55. The van der Waals surface area contributed by atoms with Crippen LogP contribution in [0.5, 0.6) is 5.75 Å². The Morgan fingerprint density at radius 2 is 1.65 bits per heavy atom. The Bertz CT molecular complexity index is 347. The van der Waals surface area contributed by atoms with Crippen LogP contribution in [0.25, 0.3) is 0 Å². The van der Waals surface area contributed by atoms with Crippen LogP contribution in [0.3, 0.4) is 0 Å². The molecule has 0 fully saturated rings.